The second-order valence-corrected chi connectivity index (χ2v) is 8.15. The van der Waals surface area contributed by atoms with E-state index in [1.165, 1.54) is 14.2 Å². The first-order valence-corrected chi connectivity index (χ1v) is 10.9. The molecule has 0 saturated heterocycles. The SMILES string of the molecule is COc1cc(OC)cc(C(=O)NC(C(=O)NNC(=O)Cc2cccc3ccccc23)C(C)C)c1. The number of ether oxygens (including phenoxy) is 2. The highest BCUT2D eigenvalue weighted by Gasteiger charge is 2.25. The van der Waals surface area contributed by atoms with Gasteiger partial charge in [-0.3, -0.25) is 25.2 Å². The van der Waals surface area contributed by atoms with Crippen molar-refractivity contribution < 1.29 is 23.9 Å². The molecule has 3 aromatic carbocycles. The molecule has 3 N–H and O–H groups in total. The van der Waals surface area contributed by atoms with Gasteiger partial charge in [-0.15, -0.1) is 0 Å². The van der Waals surface area contributed by atoms with Crippen LogP contribution in [0.4, 0.5) is 0 Å². The van der Waals surface area contributed by atoms with Crippen molar-refractivity contribution in [1.82, 2.24) is 16.2 Å². The number of benzene rings is 3. The molecule has 34 heavy (non-hydrogen) atoms. The molecule has 0 saturated carbocycles. The van der Waals surface area contributed by atoms with Gasteiger partial charge in [-0.1, -0.05) is 56.3 Å². The summed E-state index contributed by atoms with van der Waals surface area (Å²) in [7, 11) is 2.98. The molecule has 0 heterocycles. The van der Waals surface area contributed by atoms with E-state index in [1.54, 1.807) is 32.0 Å². The van der Waals surface area contributed by atoms with Gasteiger partial charge in [0.05, 0.1) is 20.6 Å². The van der Waals surface area contributed by atoms with Crippen LogP contribution in [0.1, 0.15) is 29.8 Å². The molecule has 1 atom stereocenters. The first-order chi connectivity index (χ1) is 16.3. The van der Waals surface area contributed by atoms with Crippen LogP contribution in [-0.2, 0) is 16.0 Å². The van der Waals surface area contributed by atoms with E-state index >= 15 is 0 Å². The molecule has 8 heteroatoms. The molecule has 0 bridgehead atoms. The van der Waals surface area contributed by atoms with Gasteiger partial charge < -0.3 is 14.8 Å². The molecule has 178 valence electrons. The largest absolute Gasteiger partial charge is 0.497 e. The van der Waals surface area contributed by atoms with Gasteiger partial charge in [0.15, 0.2) is 0 Å². The van der Waals surface area contributed by atoms with E-state index in [4.69, 9.17) is 9.47 Å². The summed E-state index contributed by atoms with van der Waals surface area (Å²) in [6, 6.07) is 17.4. The number of hydrazine groups is 1. The summed E-state index contributed by atoms with van der Waals surface area (Å²) in [6.07, 6.45) is 0.101. The van der Waals surface area contributed by atoms with Crippen molar-refractivity contribution in [3.8, 4) is 11.5 Å². The third kappa shape index (κ3) is 6.04. The standard InChI is InChI=1S/C26H29N3O5/c1-16(2)24(27-25(31)19-12-20(33-3)15-21(13-19)34-4)26(32)29-28-23(30)14-18-10-7-9-17-8-5-6-11-22(17)18/h5-13,15-16,24H,14H2,1-4H3,(H,27,31)(H,28,30)(H,29,32). The summed E-state index contributed by atoms with van der Waals surface area (Å²) < 4.78 is 10.4. The Balaban J connectivity index is 1.63. The Labute approximate surface area is 198 Å². The van der Waals surface area contributed by atoms with Crippen LogP contribution in [0.15, 0.2) is 60.7 Å². The lowest BCUT2D eigenvalue weighted by molar-refractivity contribution is -0.130. The minimum atomic E-state index is -0.873. The topological polar surface area (TPSA) is 106 Å². The fourth-order valence-corrected chi connectivity index (χ4v) is 3.57. The van der Waals surface area contributed by atoms with Gasteiger partial charge in [-0.2, -0.15) is 0 Å². The van der Waals surface area contributed by atoms with E-state index in [2.05, 4.69) is 16.2 Å². The summed E-state index contributed by atoms with van der Waals surface area (Å²) >= 11 is 0. The van der Waals surface area contributed by atoms with Gasteiger partial charge in [0.1, 0.15) is 17.5 Å². The molecular weight excluding hydrogens is 434 g/mol. The predicted molar refractivity (Wildman–Crippen MR) is 130 cm³/mol. The fourth-order valence-electron chi connectivity index (χ4n) is 3.57. The van der Waals surface area contributed by atoms with Crippen molar-refractivity contribution in [1.29, 1.82) is 0 Å². The highest BCUT2D eigenvalue weighted by atomic mass is 16.5. The van der Waals surface area contributed by atoms with Crippen LogP contribution in [0, 0.1) is 5.92 Å². The Morgan fingerprint density at radius 3 is 2.15 bits per heavy atom. The molecule has 3 aromatic rings. The number of methoxy groups -OCH3 is 2. The molecule has 3 rings (SSSR count). The lowest BCUT2D eigenvalue weighted by Gasteiger charge is -2.22. The Morgan fingerprint density at radius 2 is 1.50 bits per heavy atom. The summed E-state index contributed by atoms with van der Waals surface area (Å²) in [4.78, 5) is 38.1. The van der Waals surface area contributed by atoms with Gasteiger partial charge in [-0.05, 0) is 34.4 Å². The van der Waals surface area contributed by atoms with Gasteiger partial charge in [0, 0.05) is 11.6 Å². The number of amides is 3. The van der Waals surface area contributed by atoms with Gasteiger partial charge in [0.2, 0.25) is 5.91 Å². The summed E-state index contributed by atoms with van der Waals surface area (Å²) in [6.45, 7) is 3.60. The summed E-state index contributed by atoms with van der Waals surface area (Å²) in [5.41, 5.74) is 6.02. The van der Waals surface area contributed by atoms with Crippen molar-refractivity contribution in [2.45, 2.75) is 26.3 Å². The van der Waals surface area contributed by atoms with Crippen molar-refractivity contribution >= 4 is 28.5 Å². The highest BCUT2D eigenvalue weighted by molar-refractivity contribution is 5.98. The third-order valence-corrected chi connectivity index (χ3v) is 5.41. The van der Waals surface area contributed by atoms with Crippen LogP contribution in [-0.4, -0.2) is 38.0 Å². The zero-order chi connectivity index (χ0) is 24.7. The molecule has 0 aromatic heterocycles. The van der Waals surface area contributed by atoms with E-state index in [0.717, 1.165) is 16.3 Å². The van der Waals surface area contributed by atoms with Gasteiger partial charge in [-0.25, -0.2) is 0 Å². The fraction of sp³-hybridized carbons (Fsp3) is 0.269. The van der Waals surface area contributed by atoms with Crippen molar-refractivity contribution in [2.24, 2.45) is 5.92 Å². The van der Waals surface area contributed by atoms with Crippen LogP contribution in [0.3, 0.4) is 0 Å². The van der Waals surface area contributed by atoms with E-state index in [9.17, 15) is 14.4 Å². The van der Waals surface area contributed by atoms with E-state index in [0.29, 0.717) is 11.5 Å². The lowest BCUT2D eigenvalue weighted by atomic mass is 10.0. The number of rotatable bonds is 8. The third-order valence-electron chi connectivity index (χ3n) is 5.41. The molecule has 0 aliphatic heterocycles. The molecule has 0 aliphatic carbocycles. The lowest BCUT2D eigenvalue weighted by Crippen LogP contribution is -2.54. The number of carbonyl (C=O) groups is 3. The second-order valence-electron chi connectivity index (χ2n) is 8.15. The maximum Gasteiger partial charge on any atom is 0.261 e. The molecule has 0 radical (unpaired) electrons. The molecule has 8 nitrogen and oxygen atoms in total. The number of carbonyl (C=O) groups excluding carboxylic acids is 3. The molecule has 1 unspecified atom stereocenters. The maximum absolute atomic E-state index is 12.8. The first-order valence-electron chi connectivity index (χ1n) is 10.9. The smallest absolute Gasteiger partial charge is 0.261 e. The number of nitrogens with one attached hydrogen (secondary N) is 3. The van der Waals surface area contributed by atoms with Crippen LogP contribution >= 0.6 is 0 Å². The van der Waals surface area contributed by atoms with Crippen molar-refractivity contribution in [3.63, 3.8) is 0 Å². The average Bonchev–Trinajstić information content (AvgIpc) is 2.85. The minimum Gasteiger partial charge on any atom is -0.497 e. The van der Waals surface area contributed by atoms with Crippen LogP contribution in [0.25, 0.3) is 10.8 Å². The number of fused-ring (bicyclic) bond motifs is 1. The molecule has 0 spiro atoms. The van der Waals surface area contributed by atoms with Crippen molar-refractivity contribution in [2.75, 3.05) is 14.2 Å². The molecule has 0 fully saturated rings. The van der Waals surface area contributed by atoms with Crippen LogP contribution in [0.5, 0.6) is 11.5 Å². The molecular formula is C26H29N3O5. The number of hydrogen-bond donors (Lipinski definition) is 3. The molecule has 0 aliphatic rings. The second kappa shape index (κ2) is 11.2. The summed E-state index contributed by atoms with van der Waals surface area (Å²) in [5, 5.41) is 4.73. The Morgan fingerprint density at radius 1 is 0.853 bits per heavy atom. The minimum absolute atomic E-state index is 0.101. The zero-order valence-corrected chi connectivity index (χ0v) is 19.7. The van der Waals surface area contributed by atoms with Crippen LogP contribution < -0.4 is 25.6 Å². The van der Waals surface area contributed by atoms with E-state index in [-0.39, 0.29) is 23.8 Å². The normalized spacial score (nSPS) is 11.6. The van der Waals surface area contributed by atoms with Gasteiger partial charge >= 0.3 is 0 Å². The van der Waals surface area contributed by atoms with E-state index in [1.807, 2.05) is 42.5 Å². The maximum atomic E-state index is 12.8. The quantitative estimate of drug-likeness (QED) is 0.446. The Kier molecular flexibility index (Phi) is 8.08. The monoisotopic (exact) mass is 463 g/mol. The van der Waals surface area contributed by atoms with E-state index < -0.39 is 17.9 Å². The van der Waals surface area contributed by atoms with Crippen molar-refractivity contribution in [3.05, 3.63) is 71.8 Å². The number of hydrogen-bond acceptors (Lipinski definition) is 5. The summed E-state index contributed by atoms with van der Waals surface area (Å²) in [5.74, 6) is -0.674. The molecule has 3 amide bonds. The average molecular weight is 464 g/mol. The predicted octanol–water partition coefficient (Wildman–Crippen LogP) is 3.00. The first kappa shape index (κ1) is 24.6. The van der Waals surface area contributed by atoms with Crippen LogP contribution in [0.2, 0.25) is 0 Å². The van der Waals surface area contributed by atoms with Gasteiger partial charge in [0.25, 0.3) is 11.8 Å². The Bertz CT molecular complexity index is 1160. The Hall–Kier alpha value is -4.07. The zero-order valence-electron chi connectivity index (χ0n) is 19.7. The highest BCUT2D eigenvalue weighted by Crippen LogP contribution is 2.23.